The van der Waals surface area contributed by atoms with Crippen molar-refractivity contribution >= 4 is 5.91 Å². The highest BCUT2D eigenvalue weighted by atomic mass is 16.3. The van der Waals surface area contributed by atoms with E-state index in [0.717, 1.165) is 77.0 Å². The molecule has 0 saturated carbocycles. The van der Waals surface area contributed by atoms with Gasteiger partial charge >= 0.3 is 0 Å². The number of rotatable bonds is 34. The van der Waals surface area contributed by atoms with Gasteiger partial charge in [-0.15, -0.1) is 0 Å². The van der Waals surface area contributed by atoms with Crippen LogP contribution in [-0.2, 0) is 4.79 Å². The first-order valence-electron chi connectivity index (χ1n) is 19.6. The molecule has 0 aliphatic rings. The Balaban J connectivity index is 3.64. The lowest BCUT2D eigenvalue weighted by Crippen LogP contribution is -2.45. The minimum atomic E-state index is -0.667. The maximum atomic E-state index is 12.3. The average Bonchev–Trinajstić information content (AvgIpc) is 3.07. The van der Waals surface area contributed by atoms with Gasteiger partial charge in [0.25, 0.3) is 0 Å². The number of aliphatic hydroxyl groups excluding tert-OH is 2. The number of carbonyl (C=O) groups excluding carboxylic acids is 1. The summed E-state index contributed by atoms with van der Waals surface area (Å²) in [6.45, 7) is 4.20. The Morgan fingerprint density at radius 1 is 0.532 bits per heavy atom. The van der Waals surface area contributed by atoms with Gasteiger partial charge in [0.1, 0.15) is 0 Å². The van der Waals surface area contributed by atoms with Crippen LogP contribution in [0.25, 0.3) is 0 Å². The van der Waals surface area contributed by atoms with Crippen LogP contribution in [0.3, 0.4) is 0 Å². The Labute approximate surface area is 291 Å². The van der Waals surface area contributed by atoms with E-state index in [9.17, 15) is 15.0 Å². The third-order valence-electron chi connectivity index (χ3n) is 8.48. The van der Waals surface area contributed by atoms with Crippen LogP contribution in [-0.4, -0.2) is 34.9 Å². The summed E-state index contributed by atoms with van der Waals surface area (Å²) in [4.78, 5) is 12.3. The Morgan fingerprint density at radius 3 is 1.40 bits per heavy atom. The Morgan fingerprint density at radius 2 is 0.936 bits per heavy atom. The van der Waals surface area contributed by atoms with Gasteiger partial charge < -0.3 is 15.5 Å². The van der Waals surface area contributed by atoms with Crippen molar-refractivity contribution < 1.29 is 15.0 Å². The Hall–Kier alpha value is -2.17. The number of allylic oxidation sites excluding steroid dienone is 12. The van der Waals surface area contributed by atoms with E-state index in [-0.39, 0.29) is 12.5 Å². The largest absolute Gasteiger partial charge is 0.394 e. The van der Waals surface area contributed by atoms with Gasteiger partial charge in [0.2, 0.25) is 5.91 Å². The van der Waals surface area contributed by atoms with Gasteiger partial charge in [-0.05, 0) is 64.2 Å². The first kappa shape index (κ1) is 44.8. The van der Waals surface area contributed by atoms with Gasteiger partial charge in [0.15, 0.2) is 0 Å². The zero-order chi connectivity index (χ0) is 34.3. The van der Waals surface area contributed by atoms with E-state index in [2.05, 4.69) is 92.1 Å². The maximum absolute atomic E-state index is 12.3. The molecule has 1 amide bonds. The van der Waals surface area contributed by atoms with Crippen molar-refractivity contribution in [2.24, 2.45) is 0 Å². The second kappa shape index (κ2) is 38.3. The molecule has 270 valence electrons. The summed E-state index contributed by atoms with van der Waals surface area (Å²) in [5.74, 6) is -0.0520. The molecule has 4 heteroatoms. The van der Waals surface area contributed by atoms with Crippen LogP contribution >= 0.6 is 0 Å². The standard InChI is InChI=1S/C43H75NO3/c1-3-5-7-9-11-13-15-16-17-18-19-20-21-22-23-24-25-26-27-28-29-31-33-35-37-39-43(47)44-41(40-45)42(46)38-36-34-32-30-14-12-10-8-6-4-2/h5,7,11,13,16-17,19-20,22-23,25-26,41-42,45-46H,3-4,6,8-10,12,14-15,18,21,24,27-40H2,1-2H3,(H,44,47)/b7-5-,13-11-,17-16-,20-19-,23-22-,26-25-. The highest BCUT2D eigenvalue weighted by Gasteiger charge is 2.19. The van der Waals surface area contributed by atoms with E-state index in [1.54, 1.807) is 0 Å². The summed E-state index contributed by atoms with van der Waals surface area (Å²) < 4.78 is 0. The summed E-state index contributed by atoms with van der Waals surface area (Å²) in [7, 11) is 0. The van der Waals surface area contributed by atoms with Crippen LogP contribution in [0.1, 0.15) is 174 Å². The molecule has 2 unspecified atom stereocenters. The number of hydrogen-bond acceptors (Lipinski definition) is 3. The van der Waals surface area contributed by atoms with E-state index in [4.69, 9.17) is 0 Å². The first-order valence-corrected chi connectivity index (χ1v) is 19.6. The molecule has 0 saturated heterocycles. The molecule has 0 fully saturated rings. The van der Waals surface area contributed by atoms with E-state index in [1.807, 2.05) is 0 Å². The fourth-order valence-electron chi connectivity index (χ4n) is 5.48. The minimum absolute atomic E-state index is 0.0520. The quantitative estimate of drug-likeness (QED) is 0.0478. The molecule has 0 spiro atoms. The number of hydrogen-bond donors (Lipinski definition) is 3. The van der Waals surface area contributed by atoms with Gasteiger partial charge in [-0.2, -0.15) is 0 Å². The third kappa shape index (κ3) is 35.0. The van der Waals surface area contributed by atoms with Crippen molar-refractivity contribution in [3.63, 3.8) is 0 Å². The van der Waals surface area contributed by atoms with Gasteiger partial charge in [0.05, 0.1) is 18.8 Å². The molecule has 0 rings (SSSR count). The lowest BCUT2D eigenvalue weighted by Gasteiger charge is -2.22. The van der Waals surface area contributed by atoms with Gasteiger partial charge in [-0.25, -0.2) is 0 Å². The maximum Gasteiger partial charge on any atom is 0.220 e. The third-order valence-corrected chi connectivity index (χ3v) is 8.48. The van der Waals surface area contributed by atoms with Crippen molar-refractivity contribution in [1.29, 1.82) is 0 Å². The number of amides is 1. The van der Waals surface area contributed by atoms with Crippen LogP contribution in [0.5, 0.6) is 0 Å². The van der Waals surface area contributed by atoms with Crippen LogP contribution in [0.2, 0.25) is 0 Å². The normalized spacial score (nSPS) is 13.9. The van der Waals surface area contributed by atoms with Crippen LogP contribution in [0.15, 0.2) is 72.9 Å². The summed E-state index contributed by atoms with van der Waals surface area (Å²) in [6.07, 6.45) is 53.9. The topological polar surface area (TPSA) is 69.6 Å². The summed E-state index contributed by atoms with van der Waals surface area (Å²) in [5, 5.41) is 23.0. The van der Waals surface area contributed by atoms with Gasteiger partial charge in [-0.3, -0.25) is 4.79 Å². The SMILES string of the molecule is CC/C=C\C/C=C\C/C=C\C/C=C\C/C=C\C/C=C\CCCCCCCCC(=O)NC(CO)C(O)CCCCCCCCCCCC. The average molecular weight is 654 g/mol. The highest BCUT2D eigenvalue weighted by molar-refractivity contribution is 5.76. The van der Waals surface area contributed by atoms with Crippen molar-refractivity contribution in [1.82, 2.24) is 5.32 Å². The van der Waals surface area contributed by atoms with Crippen LogP contribution < -0.4 is 5.32 Å². The molecular formula is C43H75NO3. The van der Waals surface area contributed by atoms with Crippen molar-refractivity contribution in [3.8, 4) is 0 Å². The monoisotopic (exact) mass is 654 g/mol. The second-order valence-corrected chi connectivity index (χ2v) is 13.0. The molecule has 0 radical (unpaired) electrons. The van der Waals surface area contributed by atoms with Crippen molar-refractivity contribution in [2.75, 3.05) is 6.61 Å². The molecule has 0 bridgehead atoms. The molecule has 0 aromatic rings. The first-order chi connectivity index (χ1) is 23.2. The summed E-state index contributed by atoms with van der Waals surface area (Å²) >= 11 is 0. The molecule has 0 aliphatic heterocycles. The molecule has 3 N–H and O–H groups in total. The van der Waals surface area contributed by atoms with Gasteiger partial charge in [0, 0.05) is 6.42 Å². The molecule has 0 aromatic carbocycles. The zero-order valence-corrected chi connectivity index (χ0v) is 30.8. The molecular weight excluding hydrogens is 578 g/mol. The smallest absolute Gasteiger partial charge is 0.220 e. The molecule has 0 aliphatic carbocycles. The lowest BCUT2D eigenvalue weighted by molar-refractivity contribution is -0.123. The van der Waals surface area contributed by atoms with Gasteiger partial charge in [-0.1, -0.05) is 177 Å². The summed E-state index contributed by atoms with van der Waals surface area (Å²) in [6, 6.07) is -0.546. The van der Waals surface area contributed by atoms with E-state index >= 15 is 0 Å². The fourth-order valence-corrected chi connectivity index (χ4v) is 5.48. The lowest BCUT2D eigenvalue weighted by atomic mass is 10.0. The highest BCUT2D eigenvalue weighted by Crippen LogP contribution is 2.14. The molecule has 47 heavy (non-hydrogen) atoms. The number of carbonyl (C=O) groups is 1. The number of nitrogens with one attached hydrogen (secondary N) is 1. The van der Waals surface area contributed by atoms with Crippen molar-refractivity contribution in [3.05, 3.63) is 72.9 Å². The predicted molar refractivity (Wildman–Crippen MR) is 207 cm³/mol. The fraction of sp³-hybridized carbons (Fsp3) is 0.698. The Bertz CT molecular complexity index is 838. The molecule has 4 nitrogen and oxygen atoms in total. The minimum Gasteiger partial charge on any atom is -0.394 e. The zero-order valence-electron chi connectivity index (χ0n) is 30.8. The van der Waals surface area contributed by atoms with E-state index < -0.39 is 12.1 Å². The number of aliphatic hydroxyl groups is 2. The molecule has 2 atom stereocenters. The molecule has 0 heterocycles. The molecule has 0 aromatic heterocycles. The van der Waals surface area contributed by atoms with Crippen LogP contribution in [0, 0.1) is 0 Å². The van der Waals surface area contributed by atoms with Crippen molar-refractivity contribution in [2.45, 2.75) is 187 Å². The number of unbranched alkanes of at least 4 members (excludes halogenated alkanes) is 15. The second-order valence-electron chi connectivity index (χ2n) is 13.0. The summed E-state index contributed by atoms with van der Waals surface area (Å²) in [5.41, 5.74) is 0. The van der Waals surface area contributed by atoms with E-state index in [1.165, 1.54) is 70.6 Å². The van der Waals surface area contributed by atoms with Crippen LogP contribution in [0.4, 0.5) is 0 Å². The van der Waals surface area contributed by atoms with E-state index in [0.29, 0.717) is 12.8 Å². The Kier molecular flexibility index (Phi) is 36.5. The predicted octanol–water partition coefficient (Wildman–Crippen LogP) is 12.0.